The fourth-order valence-electron chi connectivity index (χ4n) is 1.90. The zero-order valence-corrected chi connectivity index (χ0v) is 16.1. The maximum Gasteiger partial charge on any atom is 0.234 e. The molecule has 0 aliphatic heterocycles. The molecule has 0 atom stereocenters. The summed E-state index contributed by atoms with van der Waals surface area (Å²) < 4.78 is 0.947. The molecule has 0 aromatic heterocycles. The number of thioether (sulfide) groups is 1. The first-order chi connectivity index (χ1) is 11.5. The Balaban J connectivity index is 1.75. The summed E-state index contributed by atoms with van der Waals surface area (Å²) in [4.78, 5) is 23.8. The van der Waals surface area contributed by atoms with Gasteiger partial charge in [0.2, 0.25) is 11.8 Å². The maximum atomic E-state index is 11.9. The number of hydrogen-bond acceptors (Lipinski definition) is 3. The van der Waals surface area contributed by atoms with Crippen molar-refractivity contribution >= 4 is 62.5 Å². The van der Waals surface area contributed by atoms with Crippen LogP contribution in [0.15, 0.2) is 46.9 Å². The van der Waals surface area contributed by atoms with Crippen molar-refractivity contribution in [2.24, 2.45) is 0 Å². The van der Waals surface area contributed by atoms with Crippen molar-refractivity contribution in [3.05, 3.63) is 57.5 Å². The normalized spacial score (nSPS) is 10.3. The predicted octanol–water partition coefficient (Wildman–Crippen LogP) is 4.72. The minimum Gasteiger partial charge on any atom is -0.325 e. The van der Waals surface area contributed by atoms with Gasteiger partial charge in [-0.3, -0.25) is 9.59 Å². The van der Waals surface area contributed by atoms with Crippen LogP contribution in [-0.2, 0) is 9.59 Å². The van der Waals surface area contributed by atoms with E-state index in [2.05, 4.69) is 26.6 Å². The topological polar surface area (TPSA) is 58.2 Å². The average molecular weight is 428 g/mol. The Labute approximate surface area is 158 Å². The van der Waals surface area contributed by atoms with Crippen LogP contribution in [0.4, 0.5) is 11.4 Å². The molecule has 2 N–H and O–H groups in total. The fraction of sp³-hybridized carbons (Fsp3) is 0.176. The number of rotatable bonds is 6. The van der Waals surface area contributed by atoms with Crippen LogP contribution in [0.1, 0.15) is 5.56 Å². The Kier molecular flexibility index (Phi) is 7.15. The first kappa shape index (κ1) is 18.8. The molecule has 0 aliphatic rings. The number of anilines is 2. The molecule has 0 aliphatic carbocycles. The zero-order valence-electron chi connectivity index (χ0n) is 12.9. The molecule has 0 radical (unpaired) electrons. The van der Waals surface area contributed by atoms with Crippen LogP contribution in [0.2, 0.25) is 5.02 Å². The van der Waals surface area contributed by atoms with Crippen molar-refractivity contribution in [3.63, 3.8) is 0 Å². The SMILES string of the molecule is Cc1c(Cl)cccc1NC(=O)CSCC(=O)Nc1ccc(Br)cc1. The molecule has 2 aromatic rings. The van der Waals surface area contributed by atoms with Crippen molar-refractivity contribution < 1.29 is 9.59 Å². The van der Waals surface area contributed by atoms with E-state index in [9.17, 15) is 9.59 Å². The van der Waals surface area contributed by atoms with Gasteiger partial charge in [-0.2, -0.15) is 0 Å². The molecular formula is C17H16BrClN2O2S. The van der Waals surface area contributed by atoms with Crippen LogP contribution in [-0.4, -0.2) is 23.3 Å². The Hall–Kier alpha value is -1.50. The third-order valence-corrected chi connectivity index (χ3v) is 5.01. The lowest BCUT2D eigenvalue weighted by atomic mass is 10.2. The number of nitrogens with one attached hydrogen (secondary N) is 2. The van der Waals surface area contributed by atoms with E-state index in [0.29, 0.717) is 10.7 Å². The van der Waals surface area contributed by atoms with Gasteiger partial charge in [-0.1, -0.05) is 33.6 Å². The number of halogens is 2. The van der Waals surface area contributed by atoms with Gasteiger partial charge in [-0.25, -0.2) is 0 Å². The third-order valence-electron chi connectivity index (χ3n) is 3.14. The Morgan fingerprint density at radius 2 is 1.67 bits per heavy atom. The van der Waals surface area contributed by atoms with E-state index in [1.165, 1.54) is 11.8 Å². The summed E-state index contributed by atoms with van der Waals surface area (Å²) in [7, 11) is 0. The molecule has 2 amide bonds. The van der Waals surface area contributed by atoms with Crippen molar-refractivity contribution in [3.8, 4) is 0 Å². The van der Waals surface area contributed by atoms with Gasteiger partial charge >= 0.3 is 0 Å². The highest BCUT2D eigenvalue weighted by atomic mass is 79.9. The number of benzene rings is 2. The van der Waals surface area contributed by atoms with E-state index in [1.807, 2.05) is 19.1 Å². The summed E-state index contributed by atoms with van der Waals surface area (Å²) in [5.74, 6) is 0.0911. The van der Waals surface area contributed by atoms with Crippen molar-refractivity contribution in [2.75, 3.05) is 22.1 Å². The second-order valence-corrected chi connectivity index (χ2v) is 7.32. The molecule has 0 heterocycles. The molecule has 7 heteroatoms. The van der Waals surface area contributed by atoms with E-state index in [0.717, 1.165) is 15.7 Å². The molecule has 0 fully saturated rings. The smallest absolute Gasteiger partial charge is 0.234 e. The second kappa shape index (κ2) is 9.11. The highest BCUT2D eigenvalue weighted by Crippen LogP contribution is 2.23. The van der Waals surface area contributed by atoms with Crippen molar-refractivity contribution in [1.29, 1.82) is 0 Å². The van der Waals surface area contributed by atoms with Gasteiger partial charge < -0.3 is 10.6 Å². The van der Waals surface area contributed by atoms with E-state index in [-0.39, 0.29) is 23.3 Å². The van der Waals surface area contributed by atoms with Gasteiger partial charge in [0.1, 0.15) is 0 Å². The largest absolute Gasteiger partial charge is 0.325 e. The van der Waals surface area contributed by atoms with Crippen LogP contribution in [0.25, 0.3) is 0 Å². The summed E-state index contributed by atoms with van der Waals surface area (Å²) in [5.41, 5.74) is 2.24. The molecule has 126 valence electrons. The lowest BCUT2D eigenvalue weighted by Crippen LogP contribution is -2.18. The van der Waals surface area contributed by atoms with Crippen molar-refractivity contribution in [2.45, 2.75) is 6.92 Å². The average Bonchev–Trinajstić information content (AvgIpc) is 2.54. The molecule has 0 unspecified atom stereocenters. The molecule has 4 nitrogen and oxygen atoms in total. The van der Waals surface area contributed by atoms with E-state index >= 15 is 0 Å². The van der Waals surface area contributed by atoms with Gasteiger partial charge in [-0.15, -0.1) is 11.8 Å². The zero-order chi connectivity index (χ0) is 17.5. The monoisotopic (exact) mass is 426 g/mol. The van der Waals surface area contributed by atoms with Gasteiger partial charge in [0.05, 0.1) is 11.5 Å². The summed E-state index contributed by atoms with van der Waals surface area (Å²) in [6.07, 6.45) is 0. The lowest BCUT2D eigenvalue weighted by Gasteiger charge is -2.09. The first-order valence-electron chi connectivity index (χ1n) is 7.14. The second-order valence-electron chi connectivity index (χ2n) is 5.01. The Bertz CT molecular complexity index is 738. The number of carbonyl (C=O) groups excluding carboxylic acids is 2. The maximum absolute atomic E-state index is 11.9. The molecule has 0 saturated carbocycles. The predicted molar refractivity (Wildman–Crippen MR) is 105 cm³/mol. The van der Waals surface area contributed by atoms with Crippen LogP contribution >= 0.6 is 39.3 Å². The highest BCUT2D eigenvalue weighted by Gasteiger charge is 2.09. The van der Waals surface area contributed by atoms with E-state index in [1.54, 1.807) is 30.3 Å². The third kappa shape index (κ3) is 5.85. The first-order valence-corrected chi connectivity index (χ1v) is 9.46. The van der Waals surface area contributed by atoms with Gasteiger partial charge in [0, 0.05) is 20.9 Å². The molecule has 2 aromatic carbocycles. The molecule has 0 saturated heterocycles. The van der Waals surface area contributed by atoms with E-state index in [4.69, 9.17) is 11.6 Å². The molecule has 24 heavy (non-hydrogen) atoms. The summed E-state index contributed by atoms with van der Waals surface area (Å²) in [6, 6.07) is 12.7. The summed E-state index contributed by atoms with van der Waals surface area (Å²) >= 11 is 10.6. The number of hydrogen-bond donors (Lipinski definition) is 2. The van der Waals surface area contributed by atoms with Crippen LogP contribution < -0.4 is 10.6 Å². The summed E-state index contributed by atoms with van der Waals surface area (Å²) in [5, 5.41) is 6.18. The standard InChI is InChI=1S/C17H16BrClN2O2S/c1-11-14(19)3-2-4-15(11)21-17(23)10-24-9-16(22)20-13-7-5-12(18)6-8-13/h2-8H,9-10H2,1H3,(H,20,22)(H,21,23). The van der Waals surface area contributed by atoms with Crippen molar-refractivity contribution in [1.82, 2.24) is 0 Å². The Morgan fingerprint density at radius 1 is 1.04 bits per heavy atom. The van der Waals surface area contributed by atoms with Crippen LogP contribution in [0.3, 0.4) is 0 Å². The molecular weight excluding hydrogens is 412 g/mol. The fourth-order valence-corrected chi connectivity index (χ4v) is 2.95. The number of amides is 2. The molecule has 0 spiro atoms. The van der Waals surface area contributed by atoms with Crippen LogP contribution in [0, 0.1) is 6.92 Å². The Morgan fingerprint density at radius 3 is 2.33 bits per heavy atom. The highest BCUT2D eigenvalue weighted by molar-refractivity contribution is 9.10. The van der Waals surface area contributed by atoms with Gasteiger partial charge in [0.15, 0.2) is 0 Å². The lowest BCUT2D eigenvalue weighted by molar-refractivity contribution is -0.114. The number of carbonyl (C=O) groups is 2. The minimum atomic E-state index is -0.165. The van der Waals surface area contributed by atoms with Gasteiger partial charge in [-0.05, 0) is 48.9 Å². The van der Waals surface area contributed by atoms with E-state index < -0.39 is 0 Å². The summed E-state index contributed by atoms with van der Waals surface area (Å²) in [6.45, 7) is 1.84. The van der Waals surface area contributed by atoms with Gasteiger partial charge in [0.25, 0.3) is 0 Å². The minimum absolute atomic E-state index is 0.144. The quantitative estimate of drug-likeness (QED) is 0.701. The molecule has 2 rings (SSSR count). The van der Waals surface area contributed by atoms with Crippen LogP contribution in [0.5, 0.6) is 0 Å². The molecule has 0 bridgehead atoms.